The molecular weight excluding hydrogens is 701 g/mol. The van der Waals surface area contributed by atoms with E-state index in [1.54, 1.807) is 0 Å². The number of ether oxygens (including phenoxy) is 1. The molecule has 0 radical (unpaired) electrons. The SMILES string of the molecule is CC(=O)NC(CC(=O)NC1OC(CO)C(O)C(O)C1NC(C)=O)C(=O)NC(Cc1ccc(OS(=O)(=O)[O-])cc1)C(=O)NC(C(=O)O)C(C)C.[Na+]. The molecule has 22 heteroatoms. The Morgan fingerprint density at radius 3 is 1.96 bits per heavy atom. The van der Waals surface area contributed by atoms with Crippen LogP contribution < -0.4 is 60.3 Å². The number of carboxylic acids is 1. The molecular formula is C28H40N5NaO15S. The van der Waals surface area contributed by atoms with Crippen LogP contribution in [0.25, 0.3) is 0 Å². The van der Waals surface area contributed by atoms with Crippen molar-refractivity contribution in [1.29, 1.82) is 0 Å². The van der Waals surface area contributed by atoms with Crippen LogP contribution in [-0.4, -0.2) is 124 Å². The van der Waals surface area contributed by atoms with Crippen LogP contribution in [0.4, 0.5) is 0 Å². The van der Waals surface area contributed by atoms with Crippen LogP contribution in [0.1, 0.15) is 39.7 Å². The first-order chi connectivity index (χ1) is 22.7. The molecule has 1 aromatic rings. The molecule has 0 spiro atoms. The quantitative estimate of drug-likeness (QED) is 0.0432. The van der Waals surface area contributed by atoms with E-state index in [4.69, 9.17) is 4.74 Å². The van der Waals surface area contributed by atoms with E-state index in [9.17, 15) is 62.2 Å². The molecule has 50 heavy (non-hydrogen) atoms. The van der Waals surface area contributed by atoms with Crippen molar-refractivity contribution in [3.8, 4) is 5.75 Å². The second-order valence-corrected chi connectivity index (χ2v) is 12.5. The molecule has 2 rings (SSSR count). The molecule has 1 aliphatic heterocycles. The summed E-state index contributed by atoms with van der Waals surface area (Å²) in [6.07, 6.45) is -7.35. The molecule has 1 aliphatic rings. The molecule has 1 aromatic carbocycles. The second kappa shape index (κ2) is 19.8. The molecule has 8 unspecified atom stereocenters. The fraction of sp³-hybridized carbons (Fsp3) is 0.571. The van der Waals surface area contributed by atoms with Gasteiger partial charge in [0.1, 0.15) is 48.2 Å². The Labute approximate surface area is 309 Å². The minimum absolute atomic E-state index is 0. The summed E-state index contributed by atoms with van der Waals surface area (Å²) in [5.74, 6) is -6.77. The maximum Gasteiger partial charge on any atom is 1.00 e. The van der Waals surface area contributed by atoms with Crippen molar-refractivity contribution < 1.29 is 101 Å². The number of carbonyl (C=O) groups is 6. The Hall–Kier alpha value is -3.41. The van der Waals surface area contributed by atoms with Gasteiger partial charge in [-0.3, -0.25) is 24.0 Å². The van der Waals surface area contributed by atoms with E-state index in [2.05, 4.69) is 30.8 Å². The maximum atomic E-state index is 13.5. The summed E-state index contributed by atoms with van der Waals surface area (Å²) in [6, 6.07) is -1.24. The van der Waals surface area contributed by atoms with Gasteiger partial charge in [-0.05, 0) is 23.6 Å². The average molecular weight is 742 g/mol. The number of hydrogen-bond donors (Lipinski definition) is 9. The van der Waals surface area contributed by atoms with Crippen LogP contribution >= 0.6 is 0 Å². The first-order valence-electron chi connectivity index (χ1n) is 14.8. The number of aliphatic carboxylic acids is 1. The van der Waals surface area contributed by atoms with E-state index in [1.807, 2.05) is 0 Å². The molecule has 5 amide bonds. The van der Waals surface area contributed by atoms with Crippen LogP contribution in [0.2, 0.25) is 0 Å². The van der Waals surface area contributed by atoms with Crippen molar-refractivity contribution in [3.05, 3.63) is 29.8 Å². The Kier molecular flexibility index (Phi) is 17.7. The van der Waals surface area contributed by atoms with Crippen molar-refractivity contribution in [3.63, 3.8) is 0 Å². The number of carbonyl (C=O) groups excluding carboxylic acids is 5. The zero-order valence-corrected chi connectivity index (χ0v) is 30.6. The number of carboxylic acid groups (broad SMARTS) is 1. The van der Waals surface area contributed by atoms with E-state index in [0.717, 1.165) is 26.0 Å². The monoisotopic (exact) mass is 741 g/mol. The normalized spacial score (nSPS) is 22.1. The summed E-state index contributed by atoms with van der Waals surface area (Å²) >= 11 is 0. The van der Waals surface area contributed by atoms with Crippen LogP contribution in [0.5, 0.6) is 5.75 Å². The summed E-state index contributed by atoms with van der Waals surface area (Å²) in [5, 5.41) is 51.3. The van der Waals surface area contributed by atoms with Gasteiger partial charge >= 0.3 is 35.5 Å². The van der Waals surface area contributed by atoms with Gasteiger partial charge in [-0.15, -0.1) is 0 Å². The van der Waals surface area contributed by atoms with Crippen LogP contribution in [0.3, 0.4) is 0 Å². The topological polar surface area (TPSA) is 319 Å². The first-order valence-corrected chi connectivity index (χ1v) is 16.1. The van der Waals surface area contributed by atoms with Crippen LogP contribution in [-0.2, 0) is 50.3 Å². The Morgan fingerprint density at radius 2 is 1.48 bits per heavy atom. The molecule has 20 nitrogen and oxygen atoms in total. The minimum Gasteiger partial charge on any atom is -0.716 e. The fourth-order valence-corrected chi connectivity index (χ4v) is 5.12. The van der Waals surface area contributed by atoms with E-state index in [0.29, 0.717) is 0 Å². The molecule has 0 bridgehead atoms. The smallest absolute Gasteiger partial charge is 0.716 e. The summed E-state index contributed by atoms with van der Waals surface area (Å²) in [4.78, 5) is 75.3. The fourth-order valence-electron chi connectivity index (χ4n) is 4.78. The summed E-state index contributed by atoms with van der Waals surface area (Å²) < 4.78 is 42.4. The van der Waals surface area contributed by atoms with E-state index >= 15 is 0 Å². The zero-order chi connectivity index (χ0) is 37.2. The number of aliphatic hydroxyl groups is 3. The number of aliphatic hydroxyl groups excluding tert-OH is 3. The first kappa shape index (κ1) is 44.6. The number of amides is 5. The number of benzene rings is 1. The third kappa shape index (κ3) is 14.1. The van der Waals surface area contributed by atoms with E-state index in [-0.39, 0.29) is 47.3 Å². The van der Waals surface area contributed by atoms with E-state index < -0.39 is 114 Å². The molecule has 0 aromatic heterocycles. The standard InChI is InChI=1S/C28H41N5O15S.Na/c1-12(2)21(28(42)43)33-26(41)17(9-15-5-7-16(8-6-15)48-49(44,45)46)31-25(40)18(29-13(3)35)10-20(37)32-27-22(30-14(4)36)24(39)23(38)19(11-34)47-27;/h5-8,12,17-19,21-24,27,34,38-39H,9-11H2,1-4H3,(H,29,35)(H,30,36)(H,31,40)(H,32,37)(H,33,41)(H,42,43)(H,44,45,46);/q;+1/p-1. The zero-order valence-electron chi connectivity index (χ0n) is 27.8. The summed E-state index contributed by atoms with van der Waals surface area (Å²) in [6.45, 7) is 4.41. The van der Waals surface area contributed by atoms with Crippen molar-refractivity contribution in [2.45, 2.75) is 89.2 Å². The molecule has 1 saturated heterocycles. The largest absolute Gasteiger partial charge is 1.00 e. The van der Waals surface area contributed by atoms with Crippen molar-refractivity contribution in [2.75, 3.05) is 6.61 Å². The van der Waals surface area contributed by atoms with Gasteiger partial charge in [0.15, 0.2) is 6.23 Å². The van der Waals surface area contributed by atoms with Crippen molar-refractivity contribution in [1.82, 2.24) is 26.6 Å². The molecule has 1 heterocycles. The van der Waals surface area contributed by atoms with Gasteiger partial charge in [0.2, 0.25) is 29.5 Å². The Morgan fingerprint density at radius 1 is 0.900 bits per heavy atom. The van der Waals surface area contributed by atoms with Crippen LogP contribution in [0, 0.1) is 5.92 Å². The minimum atomic E-state index is -5.08. The van der Waals surface area contributed by atoms with Gasteiger partial charge < -0.3 is 60.5 Å². The van der Waals surface area contributed by atoms with Gasteiger partial charge in [-0.25, -0.2) is 13.2 Å². The average Bonchev–Trinajstić information content (AvgIpc) is 2.98. The number of rotatable bonds is 16. The molecule has 274 valence electrons. The molecule has 9 N–H and O–H groups in total. The van der Waals surface area contributed by atoms with Gasteiger partial charge in [-0.1, -0.05) is 26.0 Å². The van der Waals surface area contributed by atoms with Gasteiger partial charge in [0.05, 0.1) is 13.0 Å². The third-order valence-electron chi connectivity index (χ3n) is 7.11. The second-order valence-electron chi connectivity index (χ2n) is 11.5. The summed E-state index contributed by atoms with van der Waals surface area (Å²) in [7, 11) is -5.08. The predicted octanol–water partition coefficient (Wildman–Crippen LogP) is -7.26. The van der Waals surface area contributed by atoms with Gasteiger partial charge in [-0.2, -0.15) is 0 Å². The molecule has 0 saturated carbocycles. The Balaban J connectivity index is 0.0000125. The van der Waals surface area contributed by atoms with Gasteiger partial charge in [0.25, 0.3) is 10.4 Å². The maximum absolute atomic E-state index is 13.5. The molecule has 1 fully saturated rings. The van der Waals surface area contributed by atoms with Crippen molar-refractivity contribution >= 4 is 45.9 Å². The van der Waals surface area contributed by atoms with Crippen LogP contribution in [0.15, 0.2) is 24.3 Å². The Bertz CT molecular complexity index is 1480. The third-order valence-corrected chi connectivity index (χ3v) is 7.50. The van der Waals surface area contributed by atoms with Gasteiger partial charge in [0, 0.05) is 20.3 Å². The number of hydrogen-bond acceptors (Lipinski definition) is 14. The van der Waals surface area contributed by atoms with Crippen molar-refractivity contribution in [2.24, 2.45) is 5.92 Å². The summed E-state index contributed by atoms with van der Waals surface area (Å²) in [5.41, 5.74) is 0.277. The molecule has 8 atom stereocenters. The molecule has 0 aliphatic carbocycles. The van der Waals surface area contributed by atoms with E-state index in [1.165, 1.54) is 26.0 Å². The predicted molar refractivity (Wildman–Crippen MR) is 163 cm³/mol. The number of nitrogens with one attached hydrogen (secondary N) is 5.